The Kier molecular flexibility index (Phi) is 9.16. The zero-order valence-electron chi connectivity index (χ0n) is 22.2. The van der Waals surface area contributed by atoms with Crippen LogP contribution in [0.3, 0.4) is 0 Å². The van der Waals surface area contributed by atoms with E-state index in [0.29, 0.717) is 41.6 Å². The van der Waals surface area contributed by atoms with E-state index in [1.807, 2.05) is 6.92 Å². The third-order valence-corrected chi connectivity index (χ3v) is 7.67. The molecule has 1 aliphatic carbocycles. The summed E-state index contributed by atoms with van der Waals surface area (Å²) >= 11 is 0. The number of carbonyl (C=O) groups excluding carboxylic acids is 2. The first kappa shape index (κ1) is 27.1. The Morgan fingerprint density at radius 3 is 2.62 bits per heavy atom. The first-order valence-electron chi connectivity index (χ1n) is 13.5. The van der Waals surface area contributed by atoms with Crippen LogP contribution >= 0.6 is 0 Å². The maximum absolute atomic E-state index is 13.6. The molecular weight excluding hydrogens is 468 g/mol. The van der Waals surface area contributed by atoms with Crippen LogP contribution in [0.5, 0.6) is 5.75 Å². The van der Waals surface area contributed by atoms with Gasteiger partial charge in [-0.15, -0.1) is 0 Å². The number of rotatable bonds is 8. The van der Waals surface area contributed by atoms with Crippen molar-refractivity contribution in [1.29, 1.82) is 0 Å². The smallest absolute Gasteiger partial charge is 0.258 e. The summed E-state index contributed by atoms with van der Waals surface area (Å²) in [5.41, 5.74) is 1.32. The van der Waals surface area contributed by atoms with Gasteiger partial charge in [-0.2, -0.15) is 0 Å². The molecule has 1 aromatic heterocycles. The summed E-state index contributed by atoms with van der Waals surface area (Å²) in [4.78, 5) is 34.7. The number of fused-ring (bicyclic) bond motifs is 1. The van der Waals surface area contributed by atoms with Crippen LogP contribution in [0.2, 0.25) is 0 Å². The van der Waals surface area contributed by atoms with Crippen molar-refractivity contribution < 1.29 is 19.4 Å². The summed E-state index contributed by atoms with van der Waals surface area (Å²) in [7, 11) is 2.14. The van der Waals surface area contributed by atoms with Crippen LogP contribution in [0.4, 0.5) is 5.69 Å². The molecule has 1 saturated carbocycles. The Hall–Kier alpha value is -2.97. The fraction of sp³-hybridized carbons (Fsp3) is 0.552. The molecule has 37 heavy (non-hydrogen) atoms. The topological polar surface area (TPSA) is 95.0 Å². The minimum Gasteiger partial charge on any atom is -0.486 e. The number of para-hydroxylation sites is 1. The van der Waals surface area contributed by atoms with E-state index in [1.165, 1.54) is 32.1 Å². The van der Waals surface area contributed by atoms with Crippen molar-refractivity contribution in [3.63, 3.8) is 0 Å². The molecule has 0 saturated heterocycles. The Balaban J connectivity index is 1.63. The van der Waals surface area contributed by atoms with Crippen LogP contribution in [0.25, 0.3) is 0 Å². The van der Waals surface area contributed by atoms with Gasteiger partial charge in [0.2, 0.25) is 0 Å². The van der Waals surface area contributed by atoms with Gasteiger partial charge in [-0.25, -0.2) is 0 Å². The van der Waals surface area contributed by atoms with Gasteiger partial charge in [-0.1, -0.05) is 32.3 Å². The van der Waals surface area contributed by atoms with Crippen LogP contribution in [-0.2, 0) is 0 Å². The predicted molar refractivity (Wildman–Crippen MR) is 144 cm³/mol. The maximum atomic E-state index is 13.6. The number of aliphatic hydroxyl groups is 1. The summed E-state index contributed by atoms with van der Waals surface area (Å²) < 4.78 is 6.63. The Labute approximate surface area is 220 Å². The minimum atomic E-state index is -0.336. The summed E-state index contributed by atoms with van der Waals surface area (Å²) in [6, 6.07) is 8.19. The van der Waals surface area contributed by atoms with Gasteiger partial charge in [-0.3, -0.25) is 14.6 Å². The van der Waals surface area contributed by atoms with Crippen LogP contribution < -0.4 is 10.1 Å². The average Bonchev–Trinajstić information content (AvgIpc) is 2.91. The number of nitrogens with one attached hydrogen (secondary N) is 1. The molecule has 2 N–H and O–H groups in total. The molecule has 2 aliphatic rings. The van der Waals surface area contributed by atoms with Gasteiger partial charge in [0.15, 0.2) is 5.75 Å². The lowest BCUT2D eigenvalue weighted by Gasteiger charge is -2.39. The number of hydrogen-bond donors (Lipinski definition) is 2. The fourth-order valence-corrected chi connectivity index (χ4v) is 5.45. The molecular formula is C29H40N4O4. The largest absolute Gasteiger partial charge is 0.486 e. The standard InChI is InChI=1S/C29H40N4O4/c1-20-16-33(21(2)19-34)29(36)24-10-7-11-25(31-28(35)23-12-14-30-15-13-23)27(24)37-26(20)18-32(3)17-22-8-5-4-6-9-22/h7,10-15,20-22,26,34H,4-6,8-9,16-19H2,1-3H3,(H,31,35)/t20-,21?,26+/m1/s1. The highest BCUT2D eigenvalue weighted by Gasteiger charge is 2.35. The monoisotopic (exact) mass is 508 g/mol. The normalized spacial score (nSPS) is 21.5. The fourth-order valence-electron chi connectivity index (χ4n) is 5.45. The highest BCUT2D eigenvalue weighted by Crippen LogP contribution is 2.35. The molecule has 200 valence electrons. The van der Waals surface area contributed by atoms with Gasteiger partial charge in [0.1, 0.15) is 6.10 Å². The van der Waals surface area contributed by atoms with E-state index in [9.17, 15) is 14.7 Å². The Morgan fingerprint density at radius 1 is 1.19 bits per heavy atom. The van der Waals surface area contributed by atoms with E-state index in [0.717, 1.165) is 6.54 Å². The van der Waals surface area contributed by atoms with E-state index >= 15 is 0 Å². The van der Waals surface area contributed by atoms with Crippen molar-refractivity contribution in [3.8, 4) is 5.75 Å². The number of nitrogens with zero attached hydrogens (tertiary/aromatic N) is 3. The zero-order valence-corrected chi connectivity index (χ0v) is 22.2. The van der Waals surface area contributed by atoms with Crippen molar-refractivity contribution in [2.45, 2.75) is 58.1 Å². The first-order chi connectivity index (χ1) is 17.9. The van der Waals surface area contributed by atoms with Crippen molar-refractivity contribution in [2.24, 2.45) is 11.8 Å². The zero-order chi connectivity index (χ0) is 26.4. The molecule has 0 spiro atoms. The number of aromatic nitrogens is 1. The van der Waals surface area contributed by atoms with E-state index in [2.05, 4.69) is 29.2 Å². The summed E-state index contributed by atoms with van der Waals surface area (Å²) in [5, 5.41) is 12.8. The average molecular weight is 509 g/mol. The molecule has 2 amide bonds. The van der Waals surface area contributed by atoms with Crippen molar-refractivity contribution in [2.75, 3.05) is 38.6 Å². The molecule has 8 nitrogen and oxygen atoms in total. The summed E-state index contributed by atoms with van der Waals surface area (Å²) in [5.74, 6) is 0.597. The molecule has 2 aromatic rings. The molecule has 0 radical (unpaired) electrons. The second kappa shape index (κ2) is 12.5. The lowest BCUT2D eigenvalue weighted by atomic mass is 9.89. The maximum Gasteiger partial charge on any atom is 0.258 e. The molecule has 8 heteroatoms. The molecule has 1 aliphatic heterocycles. The Morgan fingerprint density at radius 2 is 1.92 bits per heavy atom. The van der Waals surface area contributed by atoms with E-state index in [1.54, 1.807) is 47.6 Å². The molecule has 0 bridgehead atoms. The lowest BCUT2D eigenvalue weighted by molar-refractivity contribution is 0.0332. The molecule has 1 aromatic carbocycles. The number of benzene rings is 1. The van der Waals surface area contributed by atoms with E-state index in [4.69, 9.17) is 4.74 Å². The third-order valence-electron chi connectivity index (χ3n) is 7.67. The van der Waals surface area contributed by atoms with E-state index in [-0.39, 0.29) is 36.5 Å². The second-order valence-electron chi connectivity index (χ2n) is 10.7. The van der Waals surface area contributed by atoms with Crippen molar-refractivity contribution in [1.82, 2.24) is 14.8 Å². The molecule has 1 fully saturated rings. The van der Waals surface area contributed by atoms with Crippen molar-refractivity contribution in [3.05, 3.63) is 53.9 Å². The highest BCUT2D eigenvalue weighted by molar-refractivity contribution is 6.07. The van der Waals surface area contributed by atoms with Crippen LogP contribution in [0, 0.1) is 11.8 Å². The lowest BCUT2D eigenvalue weighted by Crippen LogP contribution is -2.50. The first-order valence-corrected chi connectivity index (χ1v) is 13.5. The van der Waals surface area contributed by atoms with Crippen molar-refractivity contribution >= 4 is 17.5 Å². The number of carbonyl (C=O) groups is 2. The number of aliphatic hydroxyl groups excluding tert-OH is 1. The molecule has 2 heterocycles. The minimum absolute atomic E-state index is 0.0175. The Bertz CT molecular complexity index is 1060. The van der Waals surface area contributed by atoms with Crippen LogP contribution in [-0.4, -0.2) is 77.1 Å². The quantitative estimate of drug-likeness (QED) is 0.558. The van der Waals surface area contributed by atoms with Gasteiger partial charge in [0.05, 0.1) is 23.9 Å². The number of anilines is 1. The van der Waals surface area contributed by atoms with Gasteiger partial charge < -0.3 is 25.0 Å². The van der Waals surface area contributed by atoms with Crippen LogP contribution in [0.1, 0.15) is 66.7 Å². The SMILES string of the molecule is CC(CO)N1C[C@@H](C)[C@H](CN(C)CC2CCCCC2)Oc2c(NC(=O)c3ccncc3)cccc2C1=O. The van der Waals surface area contributed by atoms with Gasteiger partial charge in [0, 0.05) is 43.5 Å². The number of ether oxygens (including phenoxy) is 1. The van der Waals surface area contributed by atoms with Gasteiger partial charge in [0.25, 0.3) is 11.8 Å². The second-order valence-corrected chi connectivity index (χ2v) is 10.7. The van der Waals surface area contributed by atoms with Crippen LogP contribution in [0.15, 0.2) is 42.7 Å². The predicted octanol–water partition coefficient (Wildman–Crippen LogP) is 4.07. The van der Waals surface area contributed by atoms with E-state index < -0.39 is 0 Å². The molecule has 4 rings (SSSR count). The summed E-state index contributed by atoms with van der Waals surface area (Å²) in [6.07, 6.45) is 9.42. The number of pyridine rings is 1. The number of amides is 2. The van der Waals surface area contributed by atoms with Gasteiger partial charge >= 0.3 is 0 Å². The third kappa shape index (κ3) is 6.67. The van der Waals surface area contributed by atoms with Gasteiger partial charge in [-0.05, 0) is 57.0 Å². The number of hydrogen-bond acceptors (Lipinski definition) is 6. The summed E-state index contributed by atoms with van der Waals surface area (Å²) in [6.45, 7) is 6.03. The molecule has 1 unspecified atom stereocenters. The highest BCUT2D eigenvalue weighted by atomic mass is 16.5. The number of likely N-dealkylation sites (N-methyl/N-ethyl adjacent to an activating group) is 1. The molecule has 3 atom stereocenters.